The minimum absolute atomic E-state index is 0.0212. The number of aliphatic hydroxyl groups is 1. The summed E-state index contributed by atoms with van der Waals surface area (Å²) in [7, 11) is 5.30. The van der Waals surface area contributed by atoms with E-state index in [1.54, 1.807) is 36.4 Å². The zero-order chi connectivity index (χ0) is 24.8. The number of amides is 1. The lowest BCUT2D eigenvalue weighted by Gasteiger charge is -2.26. The van der Waals surface area contributed by atoms with E-state index >= 15 is 0 Å². The predicted molar refractivity (Wildman–Crippen MR) is 129 cm³/mol. The number of carbonyl (C=O) groups is 2. The highest BCUT2D eigenvalue weighted by atomic mass is 16.5. The summed E-state index contributed by atoms with van der Waals surface area (Å²) in [6.45, 7) is 3.55. The monoisotopic (exact) mass is 468 g/mol. The molecule has 1 unspecified atom stereocenters. The van der Waals surface area contributed by atoms with Crippen LogP contribution in [0, 0.1) is 0 Å². The topological polar surface area (TPSA) is 99.5 Å². The van der Waals surface area contributed by atoms with Crippen molar-refractivity contribution in [3.8, 4) is 17.2 Å². The van der Waals surface area contributed by atoms with E-state index in [-0.39, 0.29) is 22.8 Å². The summed E-state index contributed by atoms with van der Waals surface area (Å²) < 4.78 is 10.8. The molecule has 0 aromatic heterocycles. The van der Waals surface area contributed by atoms with Crippen LogP contribution in [0.3, 0.4) is 0 Å². The molecule has 1 aliphatic rings. The first-order valence-corrected chi connectivity index (χ1v) is 11.3. The second kappa shape index (κ2) is 11.1. The zero-order valence-corrected chi connectivity index (χ0v) is 20.1. The van der Waals surface area contributed by atoms with Gasteiger partial charge in [-0.05, 0) is 63.3 Å². The minimum Gasteiger partial charge on any atom is -0.507 e. The Morgan fingerprint density at radius 2 is 1.91 bits per heavy atom. The molecule has 1 fully saturated rings. The third kappa shape index (κ3) is 5.34. The van der Waals surface area contributed by atoms with E-state index in [4.69, 9.17) is 9.47 Å². The predicted octanol–water partition coefficient (Wildman–Crippen LogP) is 3.56. The molecule has 0 aliphatic carbocycles. The highest BCUT2D eigenvalue weighted by molar-refractivity contribution is 6.46. The Morgan fingerprint density at radius 3 is 2.56 bits per heavy atom. The second-order valence-corrected chi connectivity index (χ2v) is 8.46. The van der Waals surface area contributed by atoms with Gasteiger partial charge in [0.05, 0.1) is 25.3 Å². The van der Waals surface area contributed by atoms with Crippen LogP contribution >= 0.6 is 0 Å². The summed E-state index contributed by atoms with van der Waals surface area (Å²) in [6, 6.07) is 10.7. The average molecular weight is 469 g/mol. The van der Waals surface area contributed by atoms with Crippen LogP contribution in [0.15, 0.2) is 48.0 Å². The molecule has 1 saturated heterocycles. The zero-order valence-electron chi connectivity index (χ0n) is 20.1. The van der Waals surface area contributed by atoms with Crippen LogP contribution in [0.1, 0.15) is 36.9 Å². The summed E-state index contributed by atoms with van der Waals surface area (Å²) in [5.41, 5.74) is 0.858. The van der Waals surface area contributed by atoms with Crippen LogP contribution in [0.5, 0.6) is 17.2 Å². The molecule has 2 aromatic rings. The van der Waals surface area contributed by atoms with Crippen molar-refractivity contribution >= 4 is 17.4 Å². The van der Waals surface area contributed by atoms with Crippen molar-refractivity contribution in [2.45, 2.75) is 25.8 Å². The summed E-state index contributed by atoms with van der Waals surface area (Å²) in [5, 5.41) is 21.6. The van der Waals surface area contributed by atoms with E-state index in [1.165, 1.54) is 18.1 Å². The van der Waals surface area contributed by atoms with E-state index in [0.717, 1.165) is 13.0 Å². The Labute approximate surface area is 200 Å². The van der Waals surface area contributed by atoms with Gasteiger partial charge in [-0.2, -0.15) is 0 Å². The quantitative estimate of drug-likeness (QED) is 0.312. The molecule has 1 aliphatic heterocycles. The molecule has 1 amide bonds. The molecule has 0 bridgehead atoms. The number of phenols is 1. The van der Waals surface area contributed by atoms with Crippen molar-refractivity contribution in [2.24, 2.45) is 0 Å². The summed E-state index contributed by atoms with van der Waals surface area (Å²) in [4.78, 5) is 29.6. The SMILES string of the molecule is CCCOc1cccc(/C(O)=C2/C(=O)C(=O)N(CCCN(C)C)C2c2ccc(OC)c(O)c2)c1. The lowest BCUT2D eigenvalue weighted by molar-refractivity contribution is -0.139. The summed E-state index contributed by atoms with van der Waals surface area (Å²) in [6.07, 6.45) is 1.47. The molecule has 8 nitrogen and oxygen atoms in total. The minimum atomic E-state index is -0.848. The van der Waals surface area contributed by atoms with Crippen molar-refractivity contribution in [3.63, 3.8) is 0 Å². The van der Waals surface area contributed by atoms with Crippen molar-refractivity contribution in [1.82, 2.24) is 9.80 Å². The van der Waals surface area contributed by atoms with Gasteiger partial charge in [-0.3, -0.25) is 9.59 Å². The smallest absolute Gasteiger partial charge is 0.295 e. The van der Waals surface area contributed by atoms with Gasteiger partial charge in [-0.1, -0.05) is 25.1 Å². The molecule has 34 heavy (non-hydrogen) atoms. The Balaban J connectivity index is 2.10. The largest absolute Gasteiger partial charge is 0.507 e. The van der Waals surface area contributed by atoms with Gasteiger partial charge in [0.15, 0.2) is 11.5 Å². The van der Waals surface area contributed by atoms with Crippen LogP contribution in [0.4, 0.5) is 0 Å². The van der Waals surface area contributed by atoms with Crippen molar-refractivity contribution in [3.05, 3.63) is 59.2 Å². The van der Waals surface area contributed by atoms with Crippen molar-refractivity contribution in [2.75, 3.05) is 40.9 Å². The highest BCUT2D eigenvalue weighted by Gasteiger charge is 2.46. The lowest BCUT2D eigenvalue weighted by atomic mass is 9.95. The Morgan fingerprint density at radius 1 is 1.15 bits per heavy atom. The fourth-order valence-electron chi connectivity index (χ4n) is 4.00. The third-order valence-corrected chi connectivity index (χ3v) is 5.64. The lowest BCUT2D eigenvalue weighted by Crippen LogP contribution is -2.32. The number of ether oxygens (including phenoxy) is 2. The maximum absolute atomic E-state index is 13.1. The molecule has 1 atom stereocenters. The maximum Gasteiger partial charge on any atom is 0.295 e. The first-order chi connectivity index (χ1) is 16.3. The fourth-order valence-corrected chi connectivity index (χ4v) is 4.00. The number of rotatable bonds is 10. The van der Waals surface area contributed by atoms with Gasteiger partial charge in [0.2, 0.25) is 0 Å². The Hall–Kier alpha value is -3.52. The first-order valence-electron chi connectivity index (χ1n) is 11.3. The van der Waals surface area contributed by atoms with Crippen molar-refractivity contribution < 1.29 is 29.3 Å². The van der Waals surface area contributed by atoms with Gasteiger partial charge in [-0.25, -0.2) is 0 Å². The van der Waals surface area contributed by atoms with Gasteiger partial charge < -0.3 is 29.5 Å². The number of likely N-dealkylation sites (tertiary alicyclic amines) is 1. The number of aromatic hydroxyl groups is 1. The molecule has 2 aromatic carbocycles. The first kappa shape index (κ1) is 25.1. The standard InChI is InChI=1S/C26H32N2O6/c1-5-14-34-19-9-6-8-18(15-19)24(30)22-23(17-10-11-21(33-4)20(29)16-17)28(26(32)25(22)31)13-7-12-27(2)3/h6,8-11,15-16,23,29-30H,5,7,12-14H2,1-4H3/b24-22-. The number of carbonyl (C=O) groups excluding carboxylic acids is 2. The number of hydrogen-bond donors (Lipinski definition) is 2. The fraction of sp³-hybridized carbons (Fsp3) is 0.385. The van der Waals surface area contributed by atoms with E-state index in [1.807, 2.05) is 25.9 Å². The summed E-state index contributed by atoms with van der Waals surface area (Å²) >= 11 is 0. The number of aliphatic hydroxyl groups excluding tert-OH is 1. The number of methoxy groups -OCH3 is 1. The molecule has 0 saturated carbocycles. The molecular formula is C26H32N2O6. The van der Waals surface area contributed by atoms with E-state index < -0.39 is 17.7 Å². The molecule has 0 spiro atoms. The summed E-state index contributed by atoms with van der Waals surface area (Å²) in [5.74, 6) is -1.01. The average Bonchev–Trinajstić information content (AvgIpc) is 3.07. The van der Waals surface area contributed by atoms with Gasteiger partial charge in [0.25, 0.3) is 11.7 Å². The van der Waals surface area contributed by atoms with Gasteiger partial charge in [0, 0.05) is 12.1 Å². The number of benzene rings is 2. The van der Waals surface area contributed by atoms with Crippen LogP contribution in [-0.4, -0.2) is 72.6 Å². The number of Topliss-reactive ketones (excluding diaryl/α,β-unsaturated/α-hetero) is 1. The Bertz CT molecular complexity index is 1080. The number of hydrogen-bond acceptors (Lipinski definition) is 7. The highest BCUT2D eigenvalue weighted by Crippen LogP contribution is 2.42. The maximum atomic E-state index is 13.1. The van der Waals surface area contributed by atoms with Crippen LogP contribution in [0.2, 0.25) is 0 Å². The molecule has 0 radical (unpaired) electrons. The normalized spacial score (nSPS) is 17.4. The molecule has 8 heteroatoms. The van der Waals surface area contributed by atoms with Gasteiger partial charge in [-0.15, -0.1) is 0 Å². The van der Waals surface area contributed by atoms with E-state index in [0.29, 0.717) is 36.4 Å². The van der Waals surface area contributed by atoms with Crippen molar-refractivity contribution in [1.29, 1.82) is 0 Å². The van der Waals surface area contributed by atoms with Crippen LogP contribution in [-0.2, 0) is 9.59 Å². The van der Waals surface area contributed by atoms with E-state index in [9.17, 15) is 19.8 Å². The molecule has 182 valence electrons. The van der Waals surface area contributed by atoms with Crippen LogP contribution in [0.25, 0.3) is 5.76 Å². The molecule has 2 N–H and O–H groups in total. The number of ketones is 1. The third-order valence-electron chi connectivity index (χ3n) is 5.64. The number of nitrogens with zero attached hydrogens (tertiary/aromatic N) is 2. The van der Waals surface area contributed by atoms with Gasteiger partial charge >= 0.3 is 0 Å². The second-order valence-electron chi connectivity index (χ2n) is 8.46. The van der Waals surface area contributed by atoms with Gasteiger partial charge in [0.1, 0.15) is 11.5 Å². The van der Waals surface area contributed by atoms with E-state index in [2.05, 4.69) is 0 Å². The van der Waals surface area contributed by atoms with Crippen LogP contribution < -0.4 is 9.47 Å². The molecular weight excluding hydrogens is 436 g/mol. The Kier molecular flexibility index (Phi) is 8.17. The molecule has 3 rings (SSSR count). The number of phenolic OH excluding ortho intramolecular Hbond substituents is 1. The molecule has 1 heterocycles.